The van der Waals surface area contributed by atoms with Crippen LogP contribution < -0.4 is 37.3 Å². The second-order valence-corrected chi connectivity index (χ2v) is 11.5. The lowest BCUT2D eigenvalue weighted by atomic mass is 10.1. The summed E-state index contributed by atoms with van der Waals surface area (Å²) < 4.78 is 48.0. The van der Waals surface area contributed by atoms with E-state index in [-0.39, 0.29) is 58.5 Å². The second-order valence-electron chi connectivity index (χ2n) is 10.0. The summed E-state index contributed by atoms with van der Waals surface area (Å²) in [5.41, 5.74) is 4.85. The summed E-state index contributed by atoms with van der Waals surface area (Å²) in [5.74, 6) is -0.556. The molecule has 0 unspecified atom stereocenters. The Kier molecular flexibility index (Phi) is 9.23. The number of pyridine rings is 1. The largest absolute Gasteiger partial charge is 0.338 e. The Morgan fingerprint density at radius 1 is 1.02 bits per heavy atom. The van der Waals surface area contributed by atoms with Crippen LogP contribution in [0.4, 0.5) is 21.6 Å². The van der Waals surface area contributed by atoms with Crippen LogP contribution in [-0.2, 0) is 17.3 Å². The third-order valence-electron chi connectivity index (χ3n) is 6.93. The first kappa shape index (κ1) is 31.7. The number of aryl methyl sites for hydroxylation is 2. The molecule has 0 atom stereocenters. The van der Waals surface area contributed by atoms with Gasteiger partial charge in [0.05, 0.1) is 22.6 Å². The van der Waals surface area contributed by atoms with Crippen LogP contribution in [0.5, 0.6) is 0 Å². The summed E-state index contributed by atoms with van der Waals surface area (Å²) in [5, 5.41) is 2.94. The van der Waals surface area contributed by atoms with Crippen molar-refractivity contribution >= 4 is 38.3 Å². The maximum atomic E-state index is 14.9. The lowest BCUT2D eigenvalue weighted by Gasteiger charge is -2.21. The molecule has 0 aliphatic heterocycles. The molecule has 5 rings (SSSR count). The van der Waals surface area contributed by atoms with Crippen LogP contribution in [-0.4, -0.2) is 35.2 Å². The van der Waals surface area contributed by atoms with Crippen molar-refractivity contribution in [3.8, 4) is 5.69 Å². The maximum absolute atomic E-state index is 14.9. The average Bonchev–Trinajstić information content (AvgIpc) is 3.80. The van der Waals surface area contributed by atoms with E-state index in [9.17, 15) is 27.2 Å². The van der Waals surface area contributed by atoms with Gasteiger partial charge < -0.3 is 11.1 Å². The molecule has 4 aromatic rings. The molecule has 0 bridgehead atoms. The van der Waals surface area contributed by atoms with Crippen LogP contribution in [0.25, 0.3) is 16.6 Å². The van der Waals surface area contributed by atoms with Gasteiger partial charge in [0.2, 0.25) is 0 Å². The van der Waals surface area contributed by atoms with Gasteiger partial charge in [-0.25, -0.2) is 9.18 Å². The second kappa shape index (κ2) is 12.5. The Labute approximate surface area is 248 Å². The van der Waals surface area contributed by atoms with Gasteiger partial charge in [0.15, 0.2) is 0 Å². The van der Waals surface area contributed by atoms with Crippen molar-refractivity contribution in [2.45, 2.75) is 46.6 Å². The summed E-state index contributed by atoms with van der Waals surface area (Å²) in [6.45, 7) is 7.36. The number of benzene rings is 2. The molecule has 0 spiro atoms. The SMILES string of the molecule is CC.Cc1ccc(Nc2c3c(=O)n(C4CC4)c(=O)n(-c4cccc(NS(=O)(=O)NCCN)c4)c3c(C)c(=O)n2C)c(F)c1. The van der Waals surface area contributed by atoms with E-state index in [1.54, 1.807) is 19.1 Å². The molecule has 0 saturated heterocycles. The summed E-state index contributed by atoms with van der Waals surface area (Å²) in [4.78, 5) is 41.3. The normalized spacial score (nSPS) is 13.0. The van der Waals surface area contributed by atoms with E-state index in [0.717, 1.165) is 4.57 Å². The van der Waals surface area contributed by atoms with Crippen molar-refractivity contribution in [3.63, 3.8) is 0 Å². The van der Waals surface area contributed by atoms with Gasteiger partial charge in [-0.05, 0) is 62.6 Å². The molecule has 1 aliphatic carbocycles. The molecule has 2 aromatic carbocycles. The molecule has 0 radical (unpaired) electrons. The Morgan fingerprint density at radius 3 is 2.35 bits per heavy atom. The molecule has 0 amide bonds. The molecule has 12 nitrogen and oxygen atoms in total. The molecule has 5 N–H and O–H groups in total. The highest BCUT2D eigenvalue weighted by atomic mass is 32.2. The minimum atomic E-state index is -3.96. The number of hydrogen-bond acceptors (Lipinski definition) is 7. The molecule has 2 aromatic heterocycles. The number of nitrogens with two attached hydrogens (primary N) is 1. The fourth-order valence-electron chi connectivity index (χ4n) is 4.80. The quantitative estimate of drug-likeness (QED) is 0.226. The first-order chi connectivity index (χ1) is 20.4. The monoisotopic (exact) mass is 613 g/mol. The number of fused-ring (bicyclic) bond motifs is 1. The van der Waals surface area contributed by atoms with E-state index in [1.165, 1.54) is 53.4 Å². The zero-order valence-corrected chi connectivity index (χ0v) is 25.5. The number of rotatable bonds is 9. The lowest BCUT2D eigenvalue weighted by Crippen LogP contribution is -2.41. The van der Waals surface area contributed by atoms with Gasteiger partial charge >= 0.3 is 5.69 Å². The van der Waals surface area contributed by atoms with E-state index in [0.29, 0.717) is 18.4 Å². The third kappa shape index (κ3) is 6.26. The average molecular weight is 614 g/mol. The van der Waals surface area contributed by atoms with Crippen LogP contribution in [0.1, 0.15) is 43.9 Å². The van der Waals surface area contributed by atoms with E-state index in [1.807, 2.05) is 13.8 Å². The first-order valence-corrected chi connectivity index (χ1v) is 15.4. The predicted molar refractivity (Wildman–Crippen MR) is 167 cm³/mol. The van der Waals surface area contributed by atoms with Crippen LogP contribution in [0.15, 0.2) is 56.8 Å². The maximum Gasteiger partial charge on any atom is 0.336 e. The van der Waals surface area contributed by atoms with Crippen LogP contribution >= 0.6 is 0 Å². The smallest absolute Gasteiger partial charge is 0.336 e. The van der Waals surface area contributed by atoms with Crippen molar-refractivity contribution in [2.24, 2.45) is 12.8 Å². The van der Waals surface area contributed by atoms with Crippen molar-refractivity contribution < 1.29 is 12.8 Å². The molecular formula is C29H36FN7O5S. The molecule has 1 aliphatic rings. The van der Waals surface area contributed by atoms with Crippen molar-refractivity contribution in [1.82, 2.24) is 18.4 Å². The number of aromatic nitrogens is 3. The molecule has 43 heavy (non-hydrogen) atoms. The molecule has 2 heterocycles. The molecule has 1 fully saturated rings. The van der Waals surface area contributed by atoms with Gasteiger partial charge in [-0.2, -0.15) is 13.1 Å². The molecule has 14 heteroatoms. The molecule has 1 saturated carbocycles. The topological polar surface area (TPSA) is 162 Å². The first-order valence-electron chi connectivity index (χ1n) is 14.0. The van der Waals surface area contributed by atoms with Crippen LogP contribution in [0.2, 0.25) is 0 Å². The highest BCUT2D eigenvalue weighted by molar-refractivity contribution is 7.90. The minimum Gasteiger partial charge on any atom is -0.338 e. The van der Waals surface area contributed by atoms with Crippen LogP contribution in [0.3, 0.4) is 0 Å². The zero-order valence-electron chi connectivity index (χ0n) is 24.7. The molecule has 230 valence electrons. The Morgan fingerprint density at radius 2 is 1.72 bits per heavy atom. The van der Waals surface area contributed by atoms with Gasteiger partial charge in [0.1, 0.15) is 17.0 Å². The number of halogens is 1. The number of nitrogens with zero attached hydrogens (tertiary/aromatic N) is 3. The number of anilines is 3. The Hall–Kier alpha value is -4.27. The van der Waals surface area contributed by atoms with Gasteiger partial charge in [-0.15, -0.1) is 0 Å². The fourth-order valence-corrected chi connectivity index (χ4v) is 5.69. The minimum absolute atomic E-state index is 0.0192. The third-order valence-corrected chi connectivity index (χ3v) is 8.01. The van der Waals surface area contributed by atoms with E-state index < -0.39 is 32.8 Å². The van der Waals surface area contributed by atoms with Gasteiger partial charge in [-0.1, -0.05) is 26.0 Å². The van der Waals surface area contributed by atoms with Crippen LogP contribution in [0, 0.1) is 19.7 Å². The van der Waals surface area contributed by atoms with Gasteiger partial charge in [-0.3, -0.25) is 28.0 Å². The Bertz CT molecular complexity index is 1980. The molecular weight excluding hydrogens is 577 g/mol. The lowest BCUT2D eigenvalue weighted by molar-refractivity contribution is 0.587. The van der Waals surface area contributed by atoms with Crippen molar-refractivity contribution in [3.05, 3.63) is 90.6 Å². The summed E-state index contributed by atoms with van der Waals surface area (Å²) in [7, 11) is -2.50. The summed E-state index contributed by atoms with van der Waals surface area (Å²) >= 11 is 0. The number of hydrogen-bond donors (Lipinski definition) is 4. The van der Waals surface area contributed by atoms with E-state index in [4.69, 9.17) is 5.73 Å². The highest BCUT2D eigenvalue weighted by Crippen LogP contribution is 2.34. The zero-order chi connectivity index (χ0) is 31.6. The van der Waals surface area contributed by atoms with Crippen molar-refractivity contribution in [1.29, 1.82) is 0 Å². The summed E-state index contributed by atoms with van der Waals surface area (Å²) in [6, 6.07) is 10.2. The standard InChI is InChI=1S/C27H30FN7O5S.C2H6/c1-15-7-10-21(20(28)13-15)31-24-22-23(16(2)25(36)33(24)3)34(27(38)35(26(22)37)18-8-9-18)19-6-4-5-17(14-19)32-41(39,40)30-12-11-29;1-2/h4-7,10,13-14,18,30-32H,8-9,11-12,29H2,1-3H3;1-2H3. The van der Waals surface area contributed by atoms with E-state index >= 15 is 0 Å². The van der Waals surface area contributed by atoms with Gasteiger partial charge in [0.25, 0.3) is 21.3 Å². The number of nitrogens with one attached hydrogen (secondary N) is 3. The fraction of sp³-hybridized carbons (Fsp3) is 0.345. The van der Waals surface area contributed by atoms with Crippen molar-refractivity contribution in [2.75, 3.05) is 23.1 Å². The summed E-state index contributed by atoms with van der Waals surface area (Å²) in [6.07, 6.45) is 1.24. The predicted octanol–water partition coefficient (Wildman–Crippen LogP) is 2.92. The van der Waals surface area contributed by atoms with Gasteiger partial charge in [0, 0.05) is 31.7 Å². The van der Waals surface area contributed by atoms with E-state index in [2.05, 4.69) is 14.8 Å². The highest BCUT2D eigenvalue weighted by Gasteiger charge is 2.31. The Balaban J connectivity index is 0.00000207.